The van der Waals surface area contributed by atoms with Gasteiger partial charge in [0.25, 0.3) is 0 Å². The summed E-state index contributed by atoms with van der Waals surface area (Å²) >= 11 is 0. The molecule has 0 saturated carbocycles. The Kier molecular flexibility index (Phi) is 9.19. The van der Waals surface area contributed by atoms with E-state index < -0.39 is 20.0 Å². The van der Waals surface area contributed by atoms with E-state index in [9.17, 15) is 16.8 Å². The average molecular weight is 350 g/mol. The second kappa shape index (κ2) is 9.16. The molecule has 0 bridgehead atoms. The third-order valence-corrected chi connectivity index (χ3v) is 5.90. The van der Waals surface area contributed by atoms with Gasteiger partial charge >= 0.3 is 0 Å². The van der Waals surface area contributed by atoms with Crippen molar-refractivity contribution in [2.75, 3.05) is 37.7 Å². The van der Waals surface area contributed by atoms with Gasteiger partial charge in [0.2, 0.25) is 20.0 Å². The maximum atomic E-state index is 11.6. The quantitative estimate of drug-likeness (QED) is 0.509. The maximum Gasteiger partial charge on any atom is 0.212 e. The second-order valence-electron chi connectivity index (χ2n) is 4.66. The first kappa shape index (κ1) is 20.1. The zero-order chi connectivity index (χ0) is 14.4. The molecule has 1 atom stereocenters. The Bertz CT molecular complexity index is 461. The summed E-state index contributed by atoms with van der Waals surface area (Å²) in [6.45, 7) is 3.77. The molecule has 20 heavy (non-hydrogen) atoms. The van der Waals surface area contributed by atoms with Crippen molar-refractivity contribution in [1.29, 1.82) is 0 Å². The number of hydrogen-bond acceptors (Lipinski definition) is 5. The van der Waals surface area contributed by atoms with Gasteiger partial charge in [-0.2, -0.15) is 0 Å². The van der Waals surface area contributed by atoms with E-state index in [2.05, 4.69) is 14.8 Å². The molecule has 1 rings (SSSR count). The van der Waals surface area contributed by atoms with Crippen LogP contribution in [0.15, 0.2) is 0 Å². The zero-order valence-electron chi connectivity index (χ0n) is 11.6. The van der Waals surface area contributed by atoms with Gasteiger partial charge in [-0.25, -0.2) is 26.3 Å². The predicted octanol–water partition coefficient (Wildman–Crippen LogP) is -0.733. The Morgan fingerprint density at radius 2 is 1.75 bits per heavy atom. The van der Waals surface area contributed by atoms with E-state index in [1.54, 1.807) is 0 Å². The minimum absolute atomic E-state index is 0. The van der Waals surface area contributed by atoms with E-state index in [1.165, 1.54) is 6.92 Å². The summed E-state index contributed by atoms with van der Waals surface area (Å²) in [6.07, 6.45) is 1.89. The lowest BCUT2D eigenvalue weighted by Crippen LogP contribution is -2.35. The van der Waals surface area contributed by atoms with Crippen molar-refractivity contribution >= 4 is 32.5 Å². The molecule has 0 aromatic rings. The number of sulfonamides is 2. The molecule has 0 aromatic carbocycles. The van der Waals surface area contributed by atoms with Crippen LogP contribution in [0.5, 0.6) is 0 Å². The first-order chi connectivity index (χ1) is 8.85. The Morgan fingerprint density at radius 1 is 1.10 bits per heavy atom. The van der Waals surface area contributed by atoms with Crippen molar-refractivity contribution in [3.05, 3.63) is 0 Å². The Balaban J connectivity index is 0.00000361. The summed E-state index contributed by atoms with van der Waals surface area (Å²) in [5.41, 5.74) is 0. The molecule has 7 nitrogen and oxygen atoms in total. The Hall–Kier alpha value is 0.0700. The molecule has 0 spiro atoms. The van der Waals surface area contributed by atoms with E-state index in [1.807, 2.05) is 0 Å². The van der Waals surface area contributed by atoms with Crippen LogP contribution in [0.2, 0.25) is 0 Å². The van der Waals surface area contributed by atoms with Gasteiger partial charge in [0.1, 0.15) is 0 Å². The highest BCUT2D eigenvalue weighted by Crippen LogP contribution is 2.10. The summed E-state index contributed by atoms with van der Waals surface area (Å²) in [5.74, 6) is 0.255. The third kappa shape index (κ3) is 8.38. The molecular weight excluding hydrogens is 326 g/mol. The van der Waals surface area contributed by atoms with Gasteiger partial charge in [-0.1, -0.05) is 0 Å². The van der Waals surface area contributed by atoms with Crippen molar-refractivity contribution in [2.24, 2.45) is 5.92 Å². The average Bonchev–Trinajstić information content (AvgIpc) is 2.81. The Morgan fingerprint density at radius 3 is 2.30 bits per heavy atom. The molecule has 3 N–H and O–H groups in total. The van der Waals surface area contributed by atoms with Crippen LogP contribution in [0.1, 0.15) is 19.8 Å². The van der Waals surface area contributed by atoms with Crippen LogP contribution in [-0.4, -0.2) is 54.5 Å². The predicted molar refractivity (Wildman–Crippen MR) is 82.1 cm³/mol. The minimum atomic E-state index is -3.40. The smallest absolute Gasteiger partial charge is 0.212 e. The third-order valence-electron chi connectivity index (χ3n) is 3.11. The zero-order valence-corrected chi connectivity index (χ0v) is 14.0. The first-order valence-corrected chi connectivity index (χ1v) is 9.80. The Labute approximate surface area is 127 Å². The van der Waals surface area contributed by atoms with E-state index in [4.69, 9.17) is 0 Å². The summed E-state index contributed by atoms with van der Waals surface area (Å²) in [6, 6.07) is 0. The summed E-state index contributed by atoms with van der Waals surface area (Å²) in [7, 11) is -6.73. The van der Waals surface area contributed by atoms with E-state index in [-0.39, 0.29) is 30.5 Å². The molecule has 0 amide bonds. The molecule has 1 aliphatic rings. The molecule has 10 heteroatoms. The molecule has 1 fully saturated rings. The van der Waals surface area contributed by atoms with Crippen molar-refractivity contribution in [2.45, 2.75) is 19.8 Å². The summed E-state index contributed by atoms with van der Waals surface area (Å²) in [4.78, 5) is 0. The number of hydrogen-bond donors (Lipinski definition) is 3. The van der Waals surface area contributed by atoms with Gasteiger partial charge in [0, 0.05) is 13.1 Å². The van der Waals surface area contributed by atoms with Crippen LogP contribution in [0.25, 0.3) is 0 Å². The largest absolute Gasteiger partial charge is 0.316 e. The molecule has 1 heterocycles. The van der Waals surface area contributed by atoms with E-state index >= 15 is 0 Å². The maximum absolute atomic E-state index is 11.6. The lowest BCUT2D eigenvalue weighted by Gasteiger charge is -2.10. The van der Waals surface area contributed by atoms with Gasteiger partial charge < -0.3 is 5.32 Å². The van der Waals surface area contributed by atoms with Crippen molar-refractivity contribution in [3.8, 4) is 0 Å². The first-order valence-electron chi connectivity index (χ1n) is 6.50. The lowest BCUT2D eigenvalue weighted by atomic mass is 10.1. The van der Waals surface area contributed by atoms with Crippen LogP contribution in [0.4, 0.5) is 0 Å². The molecule has 0 aliphatic carbocycles. The molecule has 1 unspecified atom stereocenters. The van der Waals surface area contributed by atoms with Gasteiger partial charge in [-0.05, 0) is 38.8 Å². The van der Waals surface area contributed by atoms with Gasteiger partial charge in [0.05, 0.1) is 11.5 Å². The van der Waals surface area contributed by atoms with Crippen LogP contribution in [0, 0.1) is 5.92 Å². The molecular formula is C10H24ClN3O4S2. The van der Waals surface area contributed by atoms with Gasteiger partial charge in [-0.3, -0.25) is 0 Å². The molecule has 1 saturated heterocycles. The number of nitrogens with one attached hydrogen (secondary N) is 3. The number of halogens is 1. The van der Waals surface area contributed by atoms with Crippen molar-refractivity contribution in [1.82, 2.24) is 14.8 Å². The molecule has 1 aliphatic heterocycles. The fraction of sp³-hybridized carbons (Fsp3) is 1.00. The van der Waals surface area contributed by atoms with Crippen LogP contribution in [0.3, 0.4) is 0 Å². The second-order valence-corrected chi connectivity index (χ2v) is 8.68. The highest BCUT2D eigenvalue weighted by Gasteiger charge is 2.16. The summed E-state index contributed by atoms with van der Waals surface area (Å²) in [5, 5.41) is 3.22. The molecule has 122 valence electrons. The molecule has 0 aromatic heterocycles. The summed E-state index contributed by atoms with van der Waals surface area (Å²) < 4.78 is 50.3. The van der Waals surface area contributed by atoms with Crippen LogP contribution < -0.4 is 14.8 Å². The van der Waals surface area contributed by atoms with Gasteiger partial charge in [0.15, 0.2) is 0 Å². The fourth-order valence-electron chi connectivity index (χ4n) is 1.89. The topological polar surface area (TPSA) is 104 Å². The minimum Gasteiger partial charge on any atom is -0.316 e. The molecule has 0 radical (unpaired) electrons. The van der Waals surface area contributed by atoms with Crippen molar-refractivity contribution < 1.29 is 16.8 Å². The number of rotatable bonds is 9. The standard InChI is InChI=1S/C10H23N3O4S2.ClH/c1-2-18(14,15)13-7-8-19(16,17)12-6-4-10-3-5-11-9-10;/h10-13H,2-9H2,1H3;1H. The van der Waals surface area contributed by atoms with Crippen molar-refractivity contribution in [3.63, 3.8) is 0 Å². The van der Waals surface area contributed by atoms with Gasteiger partial charge in [-0.15, -0.1) is 12.4 Å². The fourth-order valence-corrected chi connectivity index (χ4v) is 3.58. The van der Waals surface area contributed by atoms with E-state index in [0.29, 0.717) is 12.5 Å². The van der Waals surface area contributed by atoms with Crippen LogP contribution in [-0.2, 0) is 20.0 Å². The highest BCUT2D eigenvalue weighted by molar-refractivity contribution is 7.90. The monoisotopic (exact) mass is 349 g/mol. The SMILES string of the molecule is CCS(=O)(=O)NCCS(=O)(=O)NCCC1CCNC1.Cl. The van der Waals surface area contributed by atoms with E-state index in [0.717, 1.165) is 25.9 Å². The normalized spacial score (nSPS) is 19.8. The van der Waals surface area contributed by atoms with Crippen LogP contribution >= 0.6 is 12.4 Å². The highest BCUT2D eigenvalue weighted by atomic mass is 35.5. The lowest BCUT2D eigenvalue weighted by molar-refractivity contribution is 0.519.